The van der Waals surface area contributed by atoms with Gasteiger partial charge < -0.3 is 9.64 Å². The highest BCUT2D eigenvalue weighted by Gasteiger charge is 2.53. The summed E-state index contributed by atoms with van der Waals surface area (Å²) in [6, 6.07) is 21.0. The van der Waals surface area contributed by atoms with Crippen molar-refractivity contribution < 1.29 is 9.53 Å². The Morgan fingerprint density at radius 3 is 2.34 bits per heavy atom. The quantitative estimate of drug-likeness (QED) is 0.644. The molecule has 0 fully saturated rings. The number of anilines is 1. The maximum atomic E-state index is 13.9. The summed E-state index contributed by atoms with van der Waals surface area (Å²) in [5.41, 5.74) is 7.96. The molecule has 3 heteroatoms. The van der Waals surface area contributed by atoms with Crippen LogP contribution in [0.2, 0.25) is 0 Å². The molecule has 3 aromatic carbocycles. The smallest absolute Gasteiger partial charge is 0.238 e. The van der Waals surface area contributed by atoms with Crippen LogP contribution in [0.25, 0.3) is 0 Å². The van der Waals surface area contributed by atoms with Crippen LogP contribution < -0.4 is 9.64 Å². The maximum absolute atomic E-state index is 13.9. The van der Waals surface area contributed by atoms with Gasteiger partial charge in [0.1, 0.15) is 5.75 Å². The normalized spacial score (nSPS) is 19.6. The van der Waals surface area contributed by atoms with Gasteiger partial charge in [-0.1, -0.05) is 53.6 Å². The molecule has 29 heavy (non-hydrogen) atoms. The number of hydrogen-bond donors (Lipinski definition) is 0. The summed E-state index contributed by atoms with van der Waals surface area (Å²) in [7, 11) is 1.67. The molecule has 1 heterocycles. The number of fused-ring (bicyclic) bond motifs is 3. The van der Waals surface area contributed by atoms with Crippen molar-refractivity contribution >= 4 is 11.6 Å². The van der Waals surface area contributed by atoms with Gasteiger partial charge in [-0.05, 0) is 67.1 Å². The lowest BCUT2D eigenvalue weighted by molar-refractivity contribution is -0.123. The summed E-state index contributed by atoms with van der Waals surface area (Å²) in [4.78, 5) is 15.9. The van der Waals surface area contributed by atoms with Crippen molar-refractivity contribution in [2.75, 3.05) is 12.0 Å². The first kappa shape index (κ1) is 18.0. The number of rotatable bonds is 3. The summed E-state index contributed by atoms with van der Waals surface area (Å²) < 4.78 is 5.27. The second kappa shape index (κ2) is 6.48. The Bertz CT molecular complexity index is 1120. The molecule has 1 aliphatic heterocycles. The van der Waals surface area contributed by atoms with Gasteiger partial charge in [-0.15, -0.1) is 0 Å². The lowest BCUT2D eigenvalue weighted by Crippen LogP contribution is -2.40. The predicted molar refractivity (Wildman–Crippen MR) is 116 cm³/mol. The maximum Gasteiger partial charge on any atom is 0.238 e. The van der Waals surface area contributed by atoms with E-state index in [0.29, 0.717) is 6.54 Å². The molecule has 0 bridgehead atoms. The van der Waals surface area contributed by atoms with E-state index in [9.17, 15) is 4.79 Å². The van der Waals surface area contributed by atoms with E-state index in [4.69, 9.17) is 4.74 Å². The number of amides is 1. The second-order valence-electron chi connectivity index (χ2n) is 8.47. The SMILES string of the molecule is COc1ccc(CN2C(=O)C3(Cc4ccc(C)cc4C3)c3cc(C)ccc32)cc1. The molecule has 3 nitrogen and oxygen atoms in total. The fraction of sp³-hybridized carbons (Fsp3) is 0.269. The van der Waals surface area contributed by atoms with Crippen LogP contribution in [0.4, 0.5) is 5.69 Å². The van der Waals surface area contributed by atoms with E-state index < -0.39 is 5.41 Å². The van der Waals surface area contributed by atoms with E-state index in [1.54, 1.807) is 7.11 Å². The lowest BCUT2D eigenvalue weighted by atomic mass is 9.78. The molecular formula is C26H25NO2. The number of carbonyl (C=O) groups is 1. The summed E-state index contributed by atoms with van der Waals surface area (Å²) in [6.07, 6.45) is 1.58. The van der Waals surface area contributed by atoms with Gasteiger partial charge in [0, 0.05) is 5.69 Å². The molecule has 5 rings (SSSR count). The van der Waals surface area contributed by atoms with Crippen LogP contribution in [0.1, 0.15) is 33.4 Å². The van der Waals surface area contributed by atoms with Crippen LogP contribution in [0, 0.1) is 13.8 Å². The molecule has 1 atom stereocenters. The Morgan fingerprint density at radius 2 is 1.59 bits per heavy atom. The first-order chi connectivity index (χ1) is 14.0. The van der Waals surface area contributed by atoms with Crippen LogP contribution in [-0.2, 0) is 29.6 Å². The zero-order valence-electron chi connectivity index (χ0n) is 17.2. The number of aryl methyl sites for hydroxylation is 2. The number of carbonyl (C=O) groups excluding carboxylic acids is 1. The number of ether oxygens (including phenoxy) is 1. The largest absolute Gasteiger partial charge is 0.497 e. The molecule has 0 saturated heterocycles. The minimum Gasteiger partial charge on any atom is -0.497 e. The molecule has 3 aromatic rings. The first-order valence-electron chi connectivity index (χ1n) is 10.1. The molecule has 0 radical (unpaired) electrons. The Labute approximate surface area is 171 Å². The van der Waals surface area contributed by atoms with Crippen LogP contribution in [-0.4, -0.2) is 13.0 Å². The molecule has 2 aliphatic rings. The number of hydrogen-bond acceptors (Lipinski definition) is 2. The molecule has 1 unspecified atom stereocenters. The monoisotopic (exact) mass is 383 g/mol. The minimum absolute atomic E-state index is 0.225. The summed E-state index contributed by atoms with van der Waals surface area (Å²) in [5, 5.41) is 0. The van der Waals surface area contributed by atoms with Gasteiger partial charge in [0.05, 0.1) is 19.1 Å². The highest BCUT2D eigenvalue weighted by atomic mass is 16.5. The zero-order valence-corrected chi connectivity index (χ0v) is 17.2. The van der Waals surface area contributed by atoms with Gasteiger partial charge in [-0.25, -0.2) is 0 Å². The topological polar surface area (TPSA) is 29.5 Å². The molecule has 1 amide bonds. The van der Waals surface area contributed by atoms with Crippen molar-refractivity contribution in [1.29, 1.82) is 0 Å². The van der Waals surface area contributed by atoms with E-state index in [0.717, 1.165) is 29.8 Å². The summed E-state index contributed by atoms with van der Waals surface area (Å²) in [6.45, 7) is 4.81. The lowest BCUT2D eigenvalue weighted by Gasteiger charge is -2.24. The number of benzene rings is 3. The summed E-state index contributed by atoms with van der Waals surface area (Å²) >= 11 is 0. The third-order valence-electron chi connectivity index (χ3n) is 6.46. The van der Waals surface area contributed by atoms with Crippen molar-refractivity contribution in [2.24, 2.45) is 0 Å². The average molecular weight is 383 g/mol. The standard InChI is InChI=1S/C26H25NO2/c1-17-4-8-20-14-26(15-21(20)12-17)23-13-18(2)5-11-24(23)27(25(26)28)16-19-6-9-22(29-3)10-7-19/h4-13H,14-16H2,1-3H3. The zero-order chi connectivity index (χ0) is 20.2. The van der Waals surface area contributed by atoms with Crippen LogP contribution in [0.15, 0.2) is 60.7 Å². The van der Waals surface area contributed by atoms with Gasteiger partial charge >= 0.3 is 0 Å². The predicted octanol–water partition coefficient (Wildman–Crippen LogP) is 4.90. The number of nitrogens with zero attached hydrogens (tertiary/aromatic N) is 1. The van der Waals surface area contributed by atoms with E-state index >= 15 is 0 Å². The third-order valence-corrected chi connectivity index (χ3v) is 6.46. The van der Waals surface area contributed by atoms with Gasteiger partial charge in [0.25, 0.3) is 0 Å². The Hall–Kier alpha value is -3.07. The second-order valence-corrected chi connectivity index (χ2v) is 8.47. The molecule has 0 N–H and O–H groups in total. The Morgan fingerprint density at radius 1 is 0.897 bits per heavy atom. The van der Waals surface area contributed by atoms with Crippen molar-refractivity contribution in [3.05, 3.63) is 94.0 Å². The Kier molecular flexibility index (Phi) is 4.02. The minimum atomic E-state index is -0.468. The van der Waals surface area contributed by atoms with Gasteiger partial charge in [0.2, 0.25) is 5.91 Å². The molecule has 0 saturated carbocycles. The van der Waals surface area contributed by atoms with Crippen molar-refractivity contribution in [2.45, 2.75) is 38.6 Å². The molecule has 146 valence electrons. The van der Waals surface area contributed by atoms with E-state index in [1.165, 1.54) is 27.8 Å². The highest BCUT2D eigenvalue weighted by Crippen LogP contribution is 2.50. The fourth-order valence-electron chi connectivity index (χ4n) is 4.97. The average Bonchev–Trinajstić information content (AvgIpc) is 3.20. The van der Waals surface area contributed by atoms with Crippen LogP contribution in [0.3, 0.4) is 0 Å². The highest BCUT2D eigenvalue weighted by molar-refractivity contribution is 6.09. The summed E-state index contributed by atoms with van der Waals surface area (Å²) in [5.74, 6) is 1.05. The van der Waals surface area contributed by atoms with Gasteiger partial charge in [0.15, 0.2) is 0 Å². The third kappa shape index (κ3) is 2.76. The molecule has 1 spiro atoms. The van der Waals surface area contributed by atoms with Crippen molar-refractivity contribution in [1.82, 2.24) is 0 Å². The molecular weight excluding hydrogens is 358 g/mol. The number of methoxy groups -OCH3 is 1. The van der Waals surface area contributed by atoms with Gasteiger partial charge in [-0.2, -0.15) is 0 Å². The van der Waals surface area contributed by atoms with E-state index in [1.807, 2.05) is 29.2 Å². The first-order valence-corrected chi connectivity index (χ1v) is 10.1. The molecule has 1 aliphatic carbocycles. The van der Waals surface area contributed by atoms with Crippen LogP contribution >= 0.6 is 0 Å². The van der Waals surface area contributed by atoms with Crippen LogP contribution in [0.5, 0.6) is 5.75 Å². The van der Waals surface area contributed by atoms with E-state index in [-0.39, 0.29) is 5.91 Å². The van der Waals surface area contributed by atoms with Crippen molar-refractivity contribution in [3.63, 3.8) is 0 Å². The molecule has 0 aromatic heterocycles. The fourth-order valence-corrected chi connectivity index (χ4v) is 4.97. The van der Waals surface area contributed by atoms with Crippen molar-refractivity contribution in [3.8, 4) is 5.75 Å². The Balaban J connectivity index is 1.56. The van der Waals surface area contributed by atoms with E-state index in [2.05, 4.69) is 50.2 Å². The van der Waals surface area contributed by atoms with Gasteiger partial charge in [-0.3, -0.25) is 4.79 Å².